The van der Waals surface area contributed by atoms with Gasteiger partial charge in [0.2, 0.25) is 0 Å². The second-order valence-electron chi connectivity index (χ2n) is 2.57. The summed E-state index contributed by atoms with van der Waals surface area (Å²) in [6.07, 6.45) is 0. The zero-order chi connectivity index (χ0) is 9.42. The molecule has 1 heterocycles. The largest absolute Gasteiger partial charge is 0.495 e. The van der Waals surface area contributed by atoms with Gasteiger partial charge in [-0.25, -0.2) is 0 Å². The van der Waals surface area contributed by atoms with Crippen molar-refractivity contribution in [2.24, 2.45) is 0 Å². The lowest BCUT2D eigenvalue weighted by Crippen LogP contribution is -1.86. The molecular formula is C9H7IOS2. The van der Waals surface area contributed by atoms with Crippen molar-refractivity contribution < 1.29 is 4.74 Å². The number of halogens is 1. The average molecular weight is 322 g/mol. The highest BCUT2D eigenvalue weighted by Gasteiger charge is 2.09. The molecule has 0 amide bonds. The molecule has 0 saturated heterocycles. The SMILES string of the molecule is COc1c(I)ccc2scc(S)c12. The lowest BCUT2D eigenvalue weighted by Gasteiger charge is -2.04. The van der Waals surface area contributed by atoms with Crippen LogP contribution < -0.4 is 4.74 Å². The molecule has 0 fully saturated rings. The van der Waals surface area contributed by atoms with Crippen molar-refractivity contribution in [2.45, 2.75) is 4.90 Å². The lowest BCUT2D eigenvalue weighted by atomic mass is 10.2. The summed E-state index contributed by atoms with van der Waals surface area (Å²) in [5.74, 6) is 0.935. The van der Waals surface area contributed by atoms with Crippen molar-refractivity contribution in [2.75, 3.05) is 7.11 Å². The summed E-state index contributed by atoms with van der Waals surface area (Å²) in [6, 6.07) is 4.16. The van der Waals surface area contributed by atoms with Gasteiger partial charge in [-0.05, 0) is 34.7 Å². The minimum absolute atomic E-state index is 0.935. The second kappa shape index (κ2) is 3.67. The van der Waals surface area contributed by atoms with Crippen LogP contribution >= 0.6 is 46.6 Å². The molecule has 1 aromatic heterocycles. The van der Waals surface area contributed by atoms with Crippen molar-refractivity contribution >= 4 is 56.6 Å². The Kier molecular flexibility index (Phi) is 2.71. The number of thiophene rings is 1. The van der Waals surface area contributed by atoms with Gasteiger partial charge in [0.25, 0.3) is 0 Å². The molecule has 0 N–H and O–H groups in total. The highest BCUT2D eigenvalue weighted by molar-refractivity contribution is 14.1. The van der Waals surface area contributed by atoms with Gasteiger partial charge in [0.15, 0.2) is 0 Å². The van der Waals surface area contributed by atoms with Gasteiger partial charge in [-0.2, -0.15) is 0 Å². The lowest BCUT2D eigenvalue weighted by molar-refractivity contribution is 0.416. The van der Waals surface area contributed by atoms with E-state index >= 15 is 0 Å². The van der Waals surface area contributed by atoms with E-state index in [0.29, 0.717) is 0 Å². The molecule has 0 saturated carbocycles. The fraction of sp³-hybridized carbons (Fsp3) is 0.111. The Bertz CT molecular complexity index is 450. The average Bonchev–Trinajstić information content (AvgIpc) is 2.49. The molecular weight excluding hydrogens is 315 g/mol. The molecule has 68 valence electrons. The highest BCUT2D eigenvalue weighted by Crippen LogP contribution is 2.38. The number of ether oxygens (including phenoxy) is 1. The van der Waals surface area contributed by atoms with Crippen LogP contribution in [0.15, 0.2) is 22.4 Å². The molecule has 0 aliphatic heterocycles. The number of methoxy groups -OCH3 is 1. The third-order valence-electron chi connectivity index (χ3n) is 1.83. The molecule has 0 aliphatic rings. The van der Waals surface area contributed by atoms with Crippen molar-refractivity contribution in [1.29, 1.82) is 0 Å². The molecule has 2 rings (SSSR count). The van der Waals surface area contributed by atoms with Crippen molar-refractivity contribution in [3.05, 3.63) is 21.1 Å². The number of benzene rings is 1. The van der Waals surface area contributed by atoms with E-state index < -0.39 is 0 Å². The smallest absolute Gasteiger partial charge is 0.141 e. The number of thiol groups is 1. The minimum Gasteiger partial charge on any atom is -0.495 e. The zero-order valence-corrected chi connectivity index (χ0v) is 10.7. The van der Waals surface area contributed by atoms with Gasteiger partial charge in [-0.15, -0.1) is 24.0 Å². The summed E-state index contributed by atoms with van der Waals surface area (Å²) in [5, 5.41) is 3.16. The summed E-state index contributed by atoms with van der Waals surface area (Å²) in [6.45, 7) is 0. The van der Waals surface area contributed by atoms with Crippen LogP contribution in [0, 0.1) is 3.57 Å². The standard InChI is InChI=1S/C9H7IOS2/c1-11-9-5(10)2-3-7-8(9)6(12)4-13-7/h2-4,12H,1H3. The number of hydrogen-bond acceptors (Lipinski definition) is 3. The van der Waals surface area contributed by atoms with E-state index in [9.17, 15) is 0 Å². The minimum atomic E-state index is 0.935. The van der Waals surface area contributed by atoms with Crippen molar-refractivity contribution in [1.82, 2.24) is 0 Å². The Morgan fingerprint density at radius 1 is 1.46 bits per heavy atom. The summed E-state index contributed by atoms with van der Waals surface area (Å²) >= 11 is 8.36. The zero-order valence-electron chi connectivity index (χ0n) is 6.87. The summed E-state index contributed by atoms with van der Waals surface area (Å²) < 4.78 is 7.70. The van der Waals surface area contributed by atoms with E-state index in [1.54, 1.807) is 18.4 Å². The molecule has 1 nitrogen and oxygen atoms in total. The van der Waals surface area contributed by atoms with E-state index in [1.165, 1.54) is 4.70 Å². The van der Waals surface area contributed by atoms with Crippen molar-refractivity contribution in [3.63, 3.8) is 0 Å². The third-order valence-corrected chi connectivity index (χ3v) is 4.15. The van der Waals surface area contributed by atoms with Gasteiger partial charge in [0, 0.05) is 20.4 Å². The first-order chi connectivity index (χ1) is 6.24. The molecule has 0 spiro atoms. The van der Waals surface area contributed by atoms with Gasteiger partial charge >= 0.3 is 0 Å². The maximum atomic E-state index is 5.35. The first-order valence-electron chi connectivity index (χ1n) is 3.66. The van der Waals surface area contributed by atoms with Crippen LogP contribution in [0.25, 0.3) is 10.1 Å². The molecule has 13 heavy (non-hydrogen) atoms. The van der Waals surface area contributed by atoms with E-state index in [2.05, 4.69) is 47.4 Å². The fourth-order valence-corrected chi connectivity index (χ4v) is 3.21. The molecule has 0 aliphatic carbocycles. The Balaban J connectivity index is 2.88. The maximum absolute atomic E-state index is 5.35. The Morgan fingerprint density at radius 3 is 2.92 bits per heavy atom. The van der Waals surface area contributed by atoms with E-state index in [0.717, 1.165) is 19.6 Å². The van der Waals surface area contributed by atoms with Crippen molar-refractivity contribution in [3.8, 4) is 5.75 Å². The first kappa shape index (κ1) is 9.61. The predicted octanol–water partition coefficient (Wildman–Crippen LogP) is 3.80. The fourth-order valence-electron chi connectivity index (χ4n) is 1.26. The van der Waals surface area contributed by atoms with Gasteiger partial charge in [0.05, 0.1) is 10.7 Å². The molecule has 0 unspecified atom stereocenters. The third kappa shape index (κ3) is 1.55. The van der Waals surface area contributed by atoms with E-state index in [4.69, 9.17) is 4.74 Å². The van der Waals surface area contributed by atoms with Crippen LogP contribution in [0.1, 0.15) is 0 Å². The predicted molar refractivity (Wildman–Crippen MR) is 68.3 cm³/mol. The van der Waals surface area contributed by atoms with E-state index in [-0.39, 0.29) is 0 Å². The first-order valence-corrected chi connectivity index (χ1v) is 6.07. The molecule has 4 heteroatoms. The Hall–Kier alpha value is 0.0600. The van der Waals surface area contributed by atoms with Crippen LogP contribution in [-0.4, -0.2) is 7.11 Å². The Labute approximate surface area is 99.6 Å². The molecule has 0 bridgehead atoms. The van der Waals surface area contributed by atoms with Crippen LogP contribution in [0.2, 0.25) is 0 Å². The van der Waals surface area contributed by atoms with Gasteiger partial charge in [0.1, 0.15) is 5.75 Å². The second-order valence-corrected chi connectivity index (χ2v) is 5.13. The number of rotatable bonds is 1. The molecule has 1 aromatic carbocycles. The van der Waals surface area contributed by atoms with Gasteiger partial charge in [-0.1, -0.05) is 0 Å². The summed E-state index contributed by atoms with van der Waals surface area (Å²) in [5.41, 5.74) is 0. The number of hydrogen-bond donors (Lipinski definition) is 1. The van der Waals surface area contributed by atoms with E-state index in [1.807, 2.05) is 5.38 Å². The highest BCUT2D eigenvalue weighted by atomic mass is 127. The quantitative estimate of drug-likeness (QED) is 0.621. The van der Waals surface area contributed by atoms with Gasteiger partial charge < -0.3 is 4.74 Å². The van der Waals surface area contributed by atoms with Crippen LogP contribution in [-0.2, 0) is 0 Å². The summed E-state index contributed by atoms with van der Waals surface area (Å²) in [7, 11) is 1.70. The summed E-state index contributed by atoms with van der Waals surface area (Å²) in [4.78, 5) is 0.996. The normalized spacial score (nSPS) is 10.7. The Morgan fingerprint density at radius 2 is 2.23 bits per heavy atom. The molecule has 0 atom stereocenters. The molecule has 2 aromatic rings. The number of fused-ring (bicyclic) bond motifs is 1. The van der Waals surface area contributed by atoms with Crippen LogP contribution in [0.5, 0.6) is 5.75 Å². The molecule has 0 radical (unpaired) electrons. The van der Waals surface area contributed by atoms with Crippen LogP contribution in [0.4, 0.5) is 0 Å². The maximum Gasteiger partial charge on any atom is 0.141 e. The van der Waals surface area contributed by atoms with Gasteiger partial charge in [-0.3, -0.25) is 0 Å². The van der Waals surface area contributed by atoms with Crippen LogP contribution in [0.3, 0.4) is 0 Å². The monoisotopic (exact) mass is 322 g/mol. The topological polar surface area (TPSA) is 9.23 Å².